The summed E-state index contributed by atoms with van der Waals surface area (Å²) in [4.78, 5) is 53.4. The molecule has 4 aliphatic rings. The lowest BCUT2D eigenvalue weighted by Crippen LogP contribution is -2.55. The summed E-state index contributed by atoms with van der Waals surface area (Å²) in [6.07, 6.45) is 4.36. The molecule has 0 bridgehead atoms. The number of fused-ring (bicyclic) bond motifs is 2. The quantitative estimate of drug-likeness (QED) is 0.600. The van der Waals surface area contributed by atoms with Crippen LogP contribution in [0, 0.1) is 35.0 Å². The van der Waals surface area contributed by atoms with Gasteiger partial charge in [-0.1, -0.05) is 57.9 Å². The predicted octanol–water partition coefficient (Wildman–Crippen LogP) is 2.96. The Bertz CT molecular complexity index is 1020. The van der Waals surface area contributed by atoms with E-state index in [1.54, 1.807) is 4.90 Å². The first-order valence-electron chi connectivity index (χ1n) is 12.8. The SMILES string of the molecule is CC(=O)C(=O)C(CC1CC1)NC(=O)[C@@H]1[C@@H]2[C@H](CN1C(=O)[C@@H](C)C1Cc3ccccc3C1)C2(C)C. The summed E-state index contributed by atoms with van der Waals surface area (Å²) in [5.41, 5.74) is 2.64. The highest BCUT2D eigenvalue weighted by Gasteiger charge is 2.69. The fourth-order valence-electron chi connectivity index (χ4n) is 6.64. The molecule has 0 radical (unpaired) electrons. The van der Waals surface area contributed by atoms with Crippen LogP contribution in [0.25, 0.3) is 0 Å². The second kappa shape index (κ2) is 8.31. The van der Waals surface area contributed by atoms with Crippen LogP contribution in [0.1, 0.15) is 58.1 Å². The van der Waals surface area contributed by atoms with E-state index in [2.05, 4.69) is 31.3 Å². The summed E-state index contributed by atoms with van der Waals surface area (Å²) in [6, 6.07) is 7.03. The van der Waals surface area contributed by atoms with Crippen LogP contribution in [0.3, 0.4) is 0 Å². The third-order valence-corrected chi connectivity index (χ3v) is 9.19. The van der Waals surface area contributed by atoms with Crippen LogP contribution in [0.2, 0.25) is 0 Å². The van der Waals surface area contributed by atoms with E-state index in [1.807, 2.05) is 19.1 Å². The van der Waals surface area contributed by atoms with Crippen molar-refractivity contribution in [1.29, 1.82) is 0 Å². The smallest absolute Gasteiger partial charge is 0.243 e. The average molecular weight is 465 g/mol. The standard InChI is InChI=1S/C28H36N2O4/c1-15(20-12-18-7-5-6-8-19(18)13-20)27(34)30-14-21-23(28(21,3)4)24(30)26(33)29-22(11-17-9-10-17)25(32)16(2)31/h5-8,15,17,20-24H,9-14H2,1-4H3,(H,29,33)/t15-,21-,22?,23-,24-/m0/s1. The van der Waals surface area contributed by atoms with Crippen molar-refractivity contribution >= 4 is 23.4 Å². The van der Waals surface area contributed by atoms with E-state index in [0.29, 0.717) is 24.8 Å². The van der Waals surface area contributed by atoms with Gasteiger partial charge >= 0.3 is 0 Å². The van der Waals surface area contributed by atoms with Crippen LogP contribution in [0.5, 0.6) is 0 Å². The fraction of sp³-hybridized carbons (Fsp3) is 0.643. The molecule has 0 aromatic heterocycles. The summed E-state index contributed by atoms with van der Waals surface area (Å²) in [7, 11) is 0. The molecule has 5 rings (SSSR count). The van der Waals surface area contributed by atoms with Gasteiger partial charge in [0.05, 0.1) is 6.04 Å². The highest BCUT2D eigenvalue weighted by Crippen LogP contribution is 2.65. The molecule has 34 heavy (non-hydrogen) atoms. The van der Waals surface area contributed by atoms with Crippen molar-refractivity contribution in [3.63, 3.8) is 0 Å². The zero-order chi connectivity index (χ0) is 24.4. The predicted molar refractivity (Wildman–Crippen MR) is 128 cm³/mol. The minimum atomic E-state index is -0.780. The van der Waals surface area contributed by atoms with Crippen molar-refractivity contribution in [2.24, 2.45) is 35.0 Å². The molecule has 1 aromatic rings. The van der Waals surface area contributed by atoms with Gasteiger partial charge in [0.1, 0.15) is 6.04 Å². The number of carbonyl (C=O) groups excluding carboxylic acids is 4. The fourth-order valence-corrected chi connectivity index (χ4v) is 6.64. The highest BCUT2D eigenvalue weighted by atomic mass is 16.2. The summed E-state index contributed by atoms with van der Waals surface area (Å²) in [5.74, 6) is -0.437. The topological polar surface area (TPSA) is 83.6 Å². The zero-order valence-electron chi connectivity index (χ0n) is 20.7. The number of benzene rings is 1. The van der Waals surface area contributed by atoms with E-state index in [1.165, 1.54) is 18.1 Å². The number of amides is 2. The molecule has 1 N–H and O–H groups in total. The second-order valence-electron chi connectivity index (χ2n) is 11.8. The molecule has 3 aliphatic carbocycles. The van der Waals surface area contributed by atoms with Gasteiger partial charge < -0.3 is 10.2 Å². The molecule has 5 atom stereocenters. The second-order valence-corrected chi connectivity index (χ2v) is 11.8. The van der Waals surface area contributed by atoms with Gasteiger partial charge in [-0.15, -0.1) is 0 Å². The zero-order valence-corrected chi connectivity index (χ0v) is 20.7. The number of rotatable bonds is 8. The maximum atomic E-state index is 13.7. The molecule has 6 nitrogen and oxygen atoms in total. The molecule has 0 spiro atoms. The van der Waals surface area contributed by atoms with E-state index < -0.39 is 23.7 Å². The molecule has 1 unspecified atom stereocenters. The number of ketones is 2. The Labute approximate surface area is 201 Å². The molecule has 1 heterocycles. The van der Waals surface area contributed by atoms with E-state index in [9.17, 15) is 19.2 Å². The number of hydrogen-bond donors (Lipinski definition) is 1. The van der Waals surface area contributed by atoms with E-state index in [-0.39, 0.29) is 35.0 Å². The molecule has 2 saturated carbocycles. The van der Waals surface area contributed by atoms with Crippen molar-refractivity contribution in [1.82, 2.24) is 10.2 Å². The lowest BCUT2D eigenvalue weighted by atomic mass is 9.89. The lowest BCUT2D eigenvalue weighted by Gasteiger charge is -2.34. The van der Waals surface area contributed by atoms with Crippen LogP contribution >= 0.6 is 0 Å². The Morgan fingerprint density at radius 3 is 2.26 bits per heavy atom. The van der Waals surface area contributed by atoms with E-state index in [0.717, 1.165) is 25.7 Å². The van der Waals surface area contributed by atoms with Crippen LogP contribution in [-0.2, 0) is 32.0 Å². The Morgan fingerprint density at radius 1 is 1.09 bits per heavy atom. The largest absolute Gasteiger partial charge is 0.344 e. The number of Topliss-reactive ketones (excluding diaryl/α,β-unsaturated/α-hetero) is 2. The van der Waals surface area contributed by atoms with E-state index >= 15 is 0 Å². The van der Waals surface area contributed by atoms with Gasteiger partial charge in [0.15, 0.2) is 5.78 Å². The van der Waals surface area contributed by atoms with Crippen molar-refractivity contribution in [3.8, 4) is 0 Å². The van der Waals surface area contributed by atoms with Crippen molar-refractivity contribution in [3.05, 3.63) is 35.4 Å². The first-order valence-corrected chi connectivity index (χ1v) is 12.8. The molecular formula is C28H36N2O4. The normalized spacial score (nSPS) is 28.6. The van der Waals surface area contributed by atoms with Crippen LogP contribution in [-0.4, -0.2) is 46.9 Å². The summed E-state index contributed by atoms with van der Waals surface area (Å²) >= 11 is 0. The first-order chi connectivity index (χ1) is 16.1. The van der Waals surface area contributed by atoms with Gasteiger partial charge in [-0.05, 0) is 59.5 Å². The molecule has 1 saturated heterocycles. The minimum Gasteiger partial charge on any atom is -0.344 e. The summed E-state index contributed by atoms with van der Waals surface area (Å²) < 4.78 is 0. The number of piperidine rings is 1. The van der Waals surface area contributed by atoms with E-state index in [4.69, 9.17) is 0 Å². The van der Waals surface area contributed by atoms with Crippen molar-refractivity contribution < 1.29 is 19.2 Å². The Kier molecular flexibility index (Phi) is 5.69. The maximum Gasteiger partial charge on any atom is 0.243 e. The minimum absolute atomic E-state index is 0.00218. The van der Waals surface area contributed by atoms with Gasteiger partial charge in [-0.3, -0.25) is 19.2 Å². The third kappa shape index (κ3) is 3.99. The van der Waals surface area contributed by atoms with Gasteiger partial charge in [-0.2, -0.15) is 0 Å². The van der Waals surface area contributed by atoms with Gasteiger partial charge in [0.25, 0.3) is 0 Å². The van der Waals surface area contributed by atoms with Gasteiger partial charge in [-0.25, -0.2) is 0 Å². The van der Waals surface area contributed by atoms with Crippen molar-refractivity contribution in [2.45, 2.75) is 71.9 Å². The Morgan fingerprint density at radius 2 is 1.71 bits per heavy atom. The number of carbonyl (C=O) groups is 4. The van der Waals surface area contributed by atoms with Crippen LogP contribution in [0.4, 0.5) is 0 Å². The van der Waals surface area contributed by atoms with Crippen LogP contribution in [0.15, 0.2) is 24.3 Å². The molecule has 6 heteroatoms. The number of likely N-dealkylation sites (tertiary alicyclic amines) is 1. The molecule has 3 fully saturated rings. The number of hydrogen-bond acceptors (Lipinski definition) is 4. The first kappa shape index (κ1) is 23.3. The maximum absolute atomic E-state index is 13.7. The van der Waals surface area contributed by atoms with Gasteiger partial charge in [0, 0.05) is 19.4 Å². The molecular weight excluding hydrogens is 428 g/mol. The molecule has 1 aliphatic heterocycles. The average Bonchev–Trinajstić information content (AvgIpc) is 3.55. The molecule has 1 aromatic carbocycles. The van der Waals surface area contributed by atoms with Gasteiger partial charge in [0.2, 0.25) is 17.6 Å². The van der Waals surface area contributed by atoms with Crippen molar-refractivity contribution in [2.75, 3.05) is 6.54 Å². The molecule has 2 amide bonds. The number of nitrogens with zero attached hydrogens (tertiary/aromatic N) is 1. The Hall–Kier alpha value is -2.50. The lowest BCUT2D eigenvalue weighted by molar-refractivity contribution is -0.145. The number of nitrogens with one attached hydrogen (secondary N) is 1. The third-order valence-electron chi connectivity index (χ3n) is 9.19. The monoisotopic (exact) mass is 464 g/mol. The highest BCUT2D eigenvalue weighted by molar-refractivity contribution is 6.38. The molecule has 182 valence electrons. The van der Waals surface area contributed by atoms with Crippen LogP contribution < -0.4 is 5.32 Å². The summed E-state index contributed by atoms with van der Waals surface area (Å²) in [5, 5.41) is 2.91. The summed E-state index contributed by atoms with van der Waals surface area (Å²) in [6.45, 7) is 8.17. The Balaban J connectivity index is 1.32.